The molecule has 1 nitrogen and oxygen atoms in total. The Balaban J connectivity index is 2.42. The van der Waals surface area contributed by atoms with Crippen LogP contribution in [0.3, 0.4) is 0 Å². The van der Waals surface area contributed by atoms with Crippen molar-refractivity contribution in [2.45, 2.75) is 84.5 Å². The highest BCUT2D eigenvalue weighted by molar-refractivity contribution is 5.53. The van der Waals surface area contributed by atoms with Crippen molar-refractivity contribution in [3.63, 3.8) is 0 Å². The Morgan fingerprint density at radius 1 is 1.24 bits per heavy atom. The monoisotopic (exact) mass is 339 g/mol. The number of benzene rings is 1. The molecule has 2 rings (SSSR count). The van der Waals surface area contributed by atoms with E-state index in [2.05, 4.69) is 64.1 Å². The Labute approximate surface area is 155 Å². The molecular formula is C24H37N. The number of rotatable bonds is 10. The van der Waals surface area contributed by atoms with Crippen LogP contribution < -0.4 is 5.73 Å². The maximum absolute atomic E-state index is 6.36. The molecule has 0 saturated heterocycles. The van der Waals surface area contributed by atoms with Crippen molar-refractivity contribution in [2.24, 2.45) is 5.92 Å². The zero-order valence-electron chi connectivity index (χ0n) is 16.8. The molecule has 0 bridgehead atoms. The van der Waals surface area contributed by atoms with Crippen LogP contribution in [0.4, 0.5) is 5.69 Å². The van der Waals surface area contributed by atoms with Gasteiger partial charge in [-0.3, -0.25) is 0 Å². The average molecular weight is 340 g/mol. The second kappa shape index (κ2) is 9.27. The Bertz CT molecular complexity index is 607. The van der Waals surface area contributed by atoms with Crippen LogP contribution in [0.15, 0.2) is 42.0 Å². The molecule has 0 spiro atoms. The summed E-state index contributed by atoms with van der Waals surface area (Å²) in [4.78, 5) is 0. The average Bonchev–Trinajstić information content (AvgIpc) is 3.44. The molecule has 1 aliphatic carbocycles. The van der Waals surface area contributed by atoms with Crippen LogP contribution in [0.2, 0.25) is 0 Å². The highest BCUT2D eigenvalue weighted by Crippen LogP contribution is 2.43. The SMILES string of the molecule is CCC=CC(=CCCC)C(C)(CCC1CC1)c1ccc(CC)c(N)c1. The van der Waals surface area contributed by atoms with Crippen LogP contribution in [0.5, 0.6) is 0 Å². The van der Waals surface area contributed by atoms with Gasteiger partial charge in [-0.25, -0.2) is 0 Å². The predicted octanol–water partition coefficient (Wildman–Crippen LogP) is 6.97. The third kappa shape index (κ3) is 5.23. The largest absolute Gasteiger partial charge is 0.398 e. The van der Waals surface area contributed by atoms with E-state index in [1.54, 1.807) is 0 Å². The van der Waals surface area contributed by atoms with Gasteiger partial charge in [0.05, 0.1) is 0 Å². The minimum Gasteiger partial charge on any atom is -0.398 e. The maximum atomic E-state index is 6.36. The second-order valence-electron chi connectivity index (χ2n) is 7.84. The van der Waals surface area contributed by atoms with Crippen LogP contribution in [-0.4, -0.2) is 0 Å². The third-order valence-electron chi connectivity index (χ3n) is 5.74. The first-order chi connectivity index (χ1) is 12.0. The fraction of sp³-hybridized carbons (Fsp3) is 0.583. The summed E-state index contributed by atoms with van der Waals surface area (Å²) in [7, 11) is 0. The Kier molecular flexibility index (Phi) is 7.35. The molecule has 25 heavy (non-hydrogen) atoms. The predicted molar refractivity (Wildman–Crippen MR) is 112 cm³/mol. The lowest BCUT2D eigenvalue weighted by Gasteiger charge is -2.33. The van der Waals surface area contributed by atoms with Crippen molar-refractivity contribution >= 4 is 5.69 Å². The number of aryl methyl sites for hydroxylation is 1. The van der Waals surface area contributed by atoms with Gasteiger partial charge in [-0.2, -0.15) is 0 Å². The summed E-state index contributed by atoms with van der Waals surface area (Å²) in [6.07, 6.45) is 16.9. The molecule has 0 aromatic heterocycles. The van der Waals surface area contributed by atoms with E-state index < -0.39 is 0 Å². The number of nitrogens with two attached hydrogens (primary N) is 1. The summed E-state index contributed by atoms with van der Waals surface area (Å²) in [6.45, 7) is 9.07. The summed E-state index contributed by atoms with van der Waals surface area (Å²) in [5, 5.41) is 0. The quantitative estimate of drug-likeness (QED) is 0.361. The van der Waals surface area contributed by atoms with E-state index in [1.165, 1.54) is 48.8 Å². The first kappa shape index (κ1) is 19.8. The molecule has 1 aliphatic rings. The lowest BCUT2D eigenvalue weighted by molar-refractivity contribution is 0.475. The van der Waals surface area contributed by atoms with Gasteiger partial charge in [-0.05, 0) is 60.8 Å². The Hall–Kier alpha value is -1.50. The van der Waals surface area contributed by atoms with E-state index in [-0.39, 0.29) is 5.41 Å². The van der Waals surface area contributed by atoms with Crippen LogP contribution in [-0.2, 0) is 11.8 Å². The van der Waals surface area contributed by atoms with Gasteiger partial charge in [0, 0.05) is 11.1 Å². The lowest BCUT2D eigenvalue weighted by atomic mass is 9.71. The standard InChI is InChI=1S/C24H37N/c1-5-8-10-21(11-9-6-2)24(4,17-16-19-12-13-19)22-15-14-20(7-3)23(25)18-22/h8,10-11,14-15,18-19H,5-7,9,12-13,16-17,25H2,1-4H3. The smallest absolute Gasteiger partial charge is 0.0349 e. The fourth-order valence-electron chi connectivity index (χ4n) is 3.64. The highest BCUT2D eigenvalue weighted by Gasteiger charge is 2.33. The van der Waals surface area contributed by atoms with E-state index in [0.717, 1.165) is 30.9 Å². The molecule has 1 atom stereocenters. The normalized spacial score (nSPS) is 17.8. The van der Waals surface area contributed by atoms with Gasteiger partial charge < -0.3 is 5.73 Å². The first-order valence-corrected chi connectivity index (χ1v) is 10.3. The summed E-state index contributed by atoms with van der Waals surface area (Å²) in [5.74, 6) is 0.953. The molecule has 1 aromatic carbocycles. The molecule has 1 unspecified atom stereocenters. The van der Waals surface area contributed by atoms with Crippen LogP contribution in [0.25, 0.3) is 0 Å². The molecule has 1 saturated carbocycles. The fourth-order valence-corrected chi connectivity index (χ4v) is 3.64. The molecule has 1 aromatic rings. The van der Waals surface area contributed by atoms with Crippen LogP contribution in [0.1, 0.15) is 83.8 Å². The van der Waals surface area contributed by atoms with Crippen molar-refractivity contribution in [3.8, 4) is 0 Å². The van der Waals surface area contributed by atoms with Gasteiger partial charge in [0.25, 0.3) is 0 Å². The summed E-state index contributed by atoms with van der Waals surface area (Å²) in [6, 6.07) is 6.80. The number of hydrogen-bond donors (Lipinski definition) is 1. The molecule has 2 N–H and O–H groups in total. The van der Waals surface area contributed by atoms with E-state index in [1.807, 2.05) is 0 Å². The highest BCUT2D eigenvalue weighted by atomic mass is 14.6. The molecular weight excluding hydrogens is 302 g/mol. The molecule has 0 amide bonds. The zero-order valence-corrected chi connectivity index (χ0v) is 16.8. The number of nitrogen functional groups attached to an aromatic ring is 1. The molecule has 1 fully saturated rings. The van der Waals surface area contributed by atoms with Crippen molar-refractivity contribution in [1.82, 2.24) is 0 Å². The molecule has 0 radical (unpaired) electrons. The van der Waals surface area contributed by atoms with Crippen molar-refractivity contribution in [2.75, 3.05) is 5.73 Å². The summed E-state index contributed by atoms with van der Waals surface area (Å²) < 4.78 is 0. The second-order valence-corrected chi connectivity index (χ2v) is 7.84. The number of hydrogen-bond acceptors (Lipinski definition) is 1. The van der Waals surface area contributed by atoms with Gasteiger partial charge in [0.15, 0.2) is 0 Å². The Morgan fingerprint density at radius 2 is 2.00 bits per heavy atom. The van der Waals surface area contributed by atoms with Gasteiger partial charge in [0.2, 0.25) is 0 Å². The van der Waals surface area contributed by atoms with Gasteiger partial charge in [-0.1, -0.05) is 77.3 Å². The van der Waals surface area contributed by atoms with Crippen LogP contribution in [0, 0.1) is 5.92 Å². The maximum Gasteiger partial charge on any atom is 0.0349 e. The number of unbranched alkanes of at least 4 members (excludes halogenated alkanes) is 1. The van der Waals surface area contributed by atoms with E-state index >= 15 is 0 Å². The van der Waals surface area contributed by atoms with E-state index in [4.69, 9.17) is 5.73 Å². The topological polar surface area (TPSA) is 26.0 Å². The van der Waals surface area contributed by atoms with Gasteiger partial charge in [0.1, 0.15) is 0 Å². The Morgan fingerprint density at radius 3 is 2.56 bits per heavy atom. The minimum absolute atomic E-state index is 0.0593. The van der Waals surface area contributed by atoms with Crippen molar-refractivity contribution in [1.29, 1.82) is 0 Å². The van der Waals surface area contributed by atoms with E-state index in [0.29, 0.717) is 0 Å². The first-order valence-electron chi connectivity index (χ1n) is 10.3. The minimum atomic E-state index is 0.0593. The molecule has 138 valence electrons. The molecule has 0 heterocycles. The van der Waals surface area contributed by atoms with Crippen molar-refractivity contribution in [3.05, 3.63) is 53.1 Å². The number of anilines is 1. The summed E-state index contributed by atoms with van der Waals surface area (Å²) >= 11 is 0. The van der Waals surface area contributed by atoms with Crippen molar-refractivity contribution < 1.29 is 0 Å². The molecule has 1 heteroatoms. The van der Waals surface area contributed by atoms with Gasteiger partial charge >= 0.3 is 0 Å². The zero-order chi connectivity index (χ0) is 18.3. The van der Waals surface area contributed by atoms with Gasteiger partial charge in [-0.15, -0.1) is 0 Å². The van der Waals surface area contributed by atoms with E-state index in [9.17, 15) is 0 Å². The molecule has 0 aliphatic heterocycles. The number of allylic oxidation sites excluding steroid dienone is 4. The summed E-state index contributed by atoms with van der Waals surface area (Å²) in [5.41, 5.74) is 11.5. The third-order valence-corrected chi connectivity index (χ3v) is 5.74. The van der Waals surface area contributed by atoms with Crippen LogP contribution >= 0.6 is 0 Å². The lowest BCUT2D eigenvalue weighted by Crippen LogP contribution is -2.25.